The highest BCUT2D eigenvalue weighted by atomic mass is 35.5. The second kappa shape index (κ2) is 4.75. The second-order valence-electron chi connectivity index (χ2n) is 4.58. The third kappa shape index (κ3) is 2.00. The maximum atomic E-state index is 5.94. The van der Waals surface area contributed by atoms with Gasteiger partial charge in [0, 0.05) is 0 Å². The maximum absolute atomic E-state index is 5.94. The van der Waals surface area contributed by atoms with Crippen LogP contribution < -0.4 is 9.64 Å². The van der Waals surface area contributed by atoms with E-state index < -0.39 is 0 Å². The summed E-state index contributed by atoms with van der Waals surface area (Å²) in [7, 11) is 0. The zero-order valence-electron chi connectivity index (χ0n) is 10.9. The van der Waals surface area contributed by atoms with E-state index in [4.69, 9.17) is 16.3 Å². The second-order valence-corrected chi connectivity index (χ2v) is 4.92. The minimum Gasteiger partial charge on any atom is -0.453 e. The van der Waals surface area contributed by atoms with Crippen LogP contribution in [0.25, 0.3) is 0 Å². The van der Waals surface area contributed by atoms with E-state index in [9.17, 15) is 0 Å². The van der Waals surface area contributed by atoms with Crippen LogP contribution in [0, 0.1) is 0 Å². The van der Waals surface area contributed by atoms with E-state index in [1.54, 1.807) is 12.4 Å². The minimum atomic E-state index is 0.230. The molecule has 2 heterocycles. The third-order valence-corrected chi connectivity index (χ3v) is 3.49. The molecule has 0 atom stereocenters. The van der Waals surface area contributed by atoms with Crippen molar-refractivity contribution in [3.8, 4) is 11.5 Å². The summed E-state index contributed by atoms with van der Waals surface area (Å²) >= 11 is 5.79. The van der Waals surface area contributed by atoms with Crippen LogP contribution in [0.5, 0.6) is 11.5 Å². The van der Waals surface area contributed by atoms with E-state index in [-0.39, 0.29) is 5.28 Å². The molecule has 1 aromatic heterocycles. The van der Waals surface area contributed by atoms with Gasteiger partial charge in [-0.1, -0.05) is 24.3 Å². The molecule has 3 aromatic rings. The molecule has 0 N–H and O–H groups in total. The topological polar surface area (TPSA) is 38.2 Å². The number of para-hydroxylation sites is 4. The Morgan fingerprint density at radius 2 is 1.33 bits per heavy atom. The van der Waals surface area contributed by atoms with Crippen molar-refractivity contribution in [3.05, 3.63) is 66.2 Å². The molecule has 5 heteroatoms. The van der Waals surface area contributed by atoms with E-state index in [2.05, 4.69) is 14.9 Å². The standard InChI is InChI=1S/C16H10ClN3O/c17-16-18-9-11(10-19-16)20-12-5-1-3-7-14(12)21-15-8-4-2-6-13(15)20/h1-10H. The molecule has 0 spiro atoms. The van der Waals surface area contributed by atoms with Crippen molar-refractivity contribution in [1.29, 1.82) is 0 Å². The lowest BCUT2D eigenvalue weighted by atomic mass is 10.1. The lowest BCUT2D eigenvalue weighted by Crippen LogP contribution is -2.16. The first-order chi connectivity index (χ1) is 10.3. The quantitative estimate of drug-likeness (QED) is 0.477. The van der Waals surface area contributed by atoms with Crippen molar-refractivity contribution in [1.82, 2.24) is 9.97 Å². The number of hydrogen-bond acceptors (Lipinski definition) is 4. The smallest absolute Gasteiger partial charge is 0.222 e. The summed E-state index contributed by atoms with van der Waals surface area (Å²) in [5, 5.41) is 0.230. The molecule has 1 aliphatic rings. The van der Waals surface area contributed by atoms with Gasteiger partial charge in [-0.05, 0) is 35.9 Å². The molecule has 4 rings (SSSR count). The predicted molar refractivity (Wildman–Crippen MR) is 81.8 cm³/mol. The fraction of sp³-hybridized carbons (Fsp3) is 0. The van der Waals surface area contributed by atoms with E-state index in [0.29, 0.717) is 0 Å². The lowest BCUT2D eigenvalue weighted by molar-refractivity contribution is 0.477. The molecule has 2 aromatic carbocycles. The molecule has 0 saturated heterocycles. The molecule has 0 bridgehead atoms. The predicted octanol–water partition coefficient (Wildman–Crippen LogP) is 4.71. The van der Waals surface area contributed by atoms with Crippen molar-refractivity contribution in [3.63, 3.8) is 0 Å². The van der Waals surface area contributed by atoms with Crippen LogP contribution >= 0.6 is 11.6 Å². The van der Waals surface area contributed by atoms with Gasteiger partial charge in [-0.2, -0.15) is 0 Å². The first-order valence-corrected chi connectivity index (χ1v) is 6.84. The van der Waals surface area contributed by atoms with Crippen molar-refractivity contribution in [2.24, 2.45) is 0 Å². The Labute approximate surface area is 126 Å². The number of benzene rings is 2. The molecule has 4 nitrogen and oxygen atoms in total. The van der Waals surface area contributed by atoms with E-state index >= 15 is 0 Å². The largest absolute Gasteiger partial charge is 0.453 e. The van der Waals surface area contributed by atoms with Gasteiger partial charge in [-0.25, -0.2) is 9.97 Å². The van der Waals surface area contributed by atoms with Crippen molar-refractivity contribution in [2.75, 3.05) is 4.90 Å². The van der Waals surface area contributed by atoms with E-state index in [1.807, 2.05) is 48.5 Å². The molecule has 0 saturated carbocycles. The normalized spacial score (nSPS) is 12.3. The van der Waals surface area contributed by atoms with Crippen LogP contribution in [-0.4, -0.2) is 9.97 Å². The lowest BCUT2D eigenvalue weighted by Gasteiger charge is -2.32. The maximum Gasteiger partial charge on any atom is 0.222 e. The number of anilines is 3. The number of halogens is 1. The Kier molecular flexibility index (Phi) is 2.75. The molecule has 0 fully saturated rings. The monoisotopic (exact) mass is 295 g/mol. The zero-order valence-corrected chi connectivity index (χ0v) is 11.7. The summed E-state index contributed by atoms with van der Waals surface area (Å²) in [5.74, 6) is 1.59. The first-order valence-electron chi connectivity index (χ1n) is 6.46. The molecule has 21 heavy (non-hydrogen) atoms. The molecule has 0 unspecified atom stereocenters. The van der Waals surface area contributed by atoms with Crippen LogP contribution in [0.3, 0.4) is 0 Å². The van der Waals surface area contributed by atoms with Crippen LogP contribution in [0.4, 0.5) is 17.1 Å². The fourth-order valence-corrected chi connectivity index (χ4v) is 2.50. The van der Waals surface area contributed by atoms with E-state index in [1.165, 1.54) is 0 Å². The van der Waals surface area contributed by atoms with Gasteiger partial charge < -0.3 is 9.64 Å². The zero-order chi connectivity index (χ0) is 14.2. The number of ether oxygens (including phenoxy) is 1. The number of nitrogens with zero attached hydrogens (tertiary/aromatic N) is 3. The summed E-state index contributed by atoms with van der Waals surface area (Å²) in [6, 6.07) is 15.7. The van der Waals surface area contributed by atoms with Crippen molar-refractivity contribution in [2.45, 2.75) is 0 Å². The Balaban J connectivity index is 1.95. The average Bonchev–Trinajstić information content (AvgIpc) is 2.53. The molecular formula is C16H10ClN3O. The molecule has 102 valence electrons. The molecule has 1 aliphatic heterocycles. The van der Waals surface area contributed by atoms with Crippen molar-refractivity contribution >= 4 is 28.7 Å². The highest BCUT2D eigenvalue weighted by Crippen LogP contribution is 2.49. The SMILES string of the molecule is Clc1ncc(N2c3ccccc3Oc3ccccc32)cn1. The summed E-state index contributed by atoms with van der Waals surface area (Å²) in [6.45, 7) is 0. The fourth-order valence-electron chi connectivity index (χ4n) is 2.40. The molecule has 0 amide bonds. The van der Waals surface area contributed by atoms with Crippen LogP contribution in [0.2, 0.25) is 5.28 Å². The first kappa shape index (κ1) is 12.2. The summed E-state index contributed by atoms with van der Waals surface area (Å²) in [6.07, 6.45) is 3.41. The average molecular weight is 296 g/mol. The Bertz CT molecular complexity index is 759. The highest BCUT2D eigenvalue weighted by molar-refractivity contribution is 6.28. The van der Waals surface area contributed by atoms with Gasteiger partial charge in [0.1, 0.15) is 0 Å². The van der Waals surface area contributed by atoms with Gasteiger partial charge in [-0.15, -0.1) is 0 Å². The van der Waals surface area contributed by atoms with Crippen LogP contribution in [0.1, 0.15) is 0 Å². The van der Waals surface area contributed by atoms with Gasteiger partial charge in [0.2, 0.25) is 5.28 Å². The van der Waals surface area contributed by atoms with E-state index in [0.717, 1.165) is 28.6 Å². The third-order valence-electron chi connectivity index (χ3n) is 3.30. The van der Waals surface area contributed by atoms with Gasteiger partial charge in [0.25, 0.3) is 0 Å². The Hall–Kier alpha value is -2.59. The number of aromatic nitrogens is 2. The minimum absolute atomic E-state index is 0.230. The van der Waals surface area contributed by atoms with Gasteiger partial charge in [0.15, 0.2) is 11.5 Å². The molecule has 0 radical (unpaired) electrons. The Morgan fingerprint density at radius 3 is 1.90 bits per heavy atom. The summed E-state index contributed by atoms with van der Waals surface area (Å²) < 4.78 is 5.94. The number of hydrogen-bond donors (Lipinski definition) is 0. The van der Waals surface area contributed by atoms with Crippen molar-refractivity contribution < 1.29 is 4.74 Å². The summed E-state index contributed by atoms with van der Waals surface area (Å²) in [4.78, 5) is 10.2. The van der Waals surface area contributed by atoms with Gasteiger partial charge in [-0.3, -0.25) is 0 Å². The highest BCUT2D eigenvalue weighted by Gasteiger charge is 2.25. The molecular weight excluding hydrogens is 286 g/mol. The van der Waals surface area contributed by atoms with Crippen LogP contribution in [0.15, 0.2) is 60.9 Å². The number of rotatable bonds is 1. The number of fused-ring (bicyclic) bond motifs is 2. The Morgan fingerprint density at radius 1 is 0.810 bits per heavy atom. The summed E-state index contributed by atoms with van der Waals surface area (Å²) in [5.41, 5.74) is 2.73. The van der Waals surface area contributed by atoms with Crippen LogP contribution in [-0.2, 0) is 0 Å². The van der Waals surface area contributed by atoms with Gasteiger partial charge in [0.05, 0.1) is 29.5 Å². The molecule has 0 aliphatic carbocycles. The van der Waals surface area contributed by atoms with Gasteiger partial charge >= 0.3 is 0 Å².